The minimum atomic E-state index is -4.59. The lowest BCUT2D eigenvalue weighted by molar-refractivity contribution is -0.138. The van der Waals surface area contributed by atoms with Gasteiger partial charge in [0.2, 0.25) is 5.95 Å². The van der Waals surface area contributed by atoms with Gasteiger partial charge in [0.15, 0.2) is 0 Å². The van der Waals surface area contributed by atoms with E-state index in [4.69, 9.17) is 22.1 Å². The smallest absolute Gasteiger partial charge is 0.420 e. The molecule has 2 rings (SSSR count). The average Bonchev–Trinajstić information content (AvgIpc) is 2.73. The molecule has 1 aromatic carbocycles. The highest BCUT2D eigenvalue weighted by molar-refractivity contribution is 6.32. The van der Waals surface area contributed by atoms with Crippen molar-refractivity contribution in [1.29, 1.82) is 0 Å². The lowest BCUT2D eigenvalue weighted by Gasteiger charge is -2.14. The Morgan fingerprint density at radius 2 is 2.09 bits per heavy atom. The third-order valence-corrected chi connectivity index (χ3v) is 3.02. The molecule has 0 bridgehead atoms. The molecule has 0 aliphatic heterocycles. The number of rotatable bonds is 3. The summed E-state index contributed by atoms with van der Waals surface area (Å²) in [6.07, 6.45) is -1.84. The second kappa shape index (κ2) is 5.88. The van der Waals surface area contributed by atoms with Crippen molar-refractivity contribution in [3.05, 3.63) is 40.2 Å². The number of hydrogen-bond donors (Lipinski definition) is 1. The first-order chi connectivity index (χ1) is 10.2. The minimum Gasteiger partial charge on any atom is -0.495 e. The Bertz CT molecular complexity index is 725. The SMILES string of the molecule is COc1c(Cl)cc(C=Nn2cc(C)nc2N)cc1C(F)(F)F. The number of hydrogen-bond acceptors (Lipinski definition) is 4. The lowest BCUT2D eigenvalue weighted by Crippen LogP contribution is -2.09. The van der Waals surface area contributed by atoms with Crippen LogP contribution in [0, 0.1) is 6.92 Å². The Morgan fingerprint density at radius 3 is 2.59 bits per heavy atom. The molecule has 0 fully saturated rings. The maximum Gasteiger partial charge on any atom is 0.420 e. The van der Waals surface area contributed by atoms with Crippen LogP contribution in [0.3, 0.4) is 0 Å². The van der Waals surface area contributed by atoms with E-state index >= 15 is 0 Å². The number of aryl methyl sites for hydroxylation is 1. The number of nitrogens with two attached hydrogens (primary N) is 1. The van der Waals surface area contributed by atoms with Gasteiger partial charge in [0, 0.05) is 0 Å². The molecule has 9 heteroatoms. The highest BCUT2D eigenvalue weighted by atomic mass is 35.5. The molecule has 0 atom stereocenters. The zero-order valence-electron chi connectivity index (χ0n) is 11.6. The molecule has 0 aliphatic carbocycles. The predicted molar refractivity (Wildman–Crippen MR) is 77.4 cm³/mol. The topological polar surface area (TPSA) is 65.4 Å². The summed E-state index contributed by atoms with van der Waals surface area (Å²) in [4.78, 5) is 3.93. The van der Waals surface area contributed by atoms with Gasteiger partial charge in [0.25, 0.3) is 0 Å². The molecule has 5 nitrogen and oxygen atoms in total. The van der Waals surface area contributed by atoms with Crippen molar-refractivity contribution in [1.82, 2.24) is 9.66 Å². The third kappa shape index (κ3) is 3.33. The van der Waals surface area contributed by atoms with Gasteiger partial charge in [-0.3, -0.25) is 0 Å². The fourth-order valence-electron chi connectivity index (χ4n) is 1.83. The van der Waals surface area contributed by atoms with Crippen molar-refractivity contribution in [3.63, 3.8) is 0 Å². The zero-order chi connectivity index (χ0) is 16.5. The fraction of sp³-hybridized carbons (Fsp3) is 0.231. The zero-order valence-corrected chi connectivity index (χ0v) is 12.4. The van der Waals surface area contributed by atoms with Crippen LogP contribution in [0.25, 0.3) is 0 Å². The van der Waals surface area contributed by atoms with E-state index in [1.807, 2.05) is 0 Å². The van der Waals surface area contributed by atoms with Crippen LogP contribution in [0.5, 0.6) is 5.75 Å². The summed E-state index contributed by atoms with van der Waals surface area (Å²) in [6, 6.07) is 2.22. The molecule has 2 N–H and O–H groups in total. The van der Waals surface area contributed by atoms with Crippen LogP contribution in [-0.4, -0.2) is 23.0 Å². The van der Waals surface area contributed by atoms with Crippen molar-refractivity contribution < 1.29 is 17.9 Å². The van der Waals surface area contributed by atoms with Crippen molar-refractivity contribution in [2.75, 3.05) is 12.8 Å². The number of anilines is 1. The second-order valence-electron chi connectivity index (χ2n) is 4.41. The summed E-state index contributed by atoms with van der Waals surface area (Å²) in [5.41, 5.74) is 5.41. The molecule has 1 aromatic heterocycles. The number of benzene rings is 1. The number of aromatic nitrogens is 2. The lowest BCUT2D eigenvalue weighted by atomic mass is 10.1. The Morgan fingerprint density at radius 1 is 1.41 bits per heavy atom. The molecule has 0 amide bonds. The van der Waals surface area contributed by atoms with Crippen LogP contribution >= 0.6 is 11.6 Å². The third-order valence-electron chi connectivity index (χ3n) is 2.74. The van der Waals surface area contributed by atoms with E-state index in [0.29, 0.717) is 5.69 Å². The van der Waals surface area contributed by atoms with Gasteiger partial charge in [-0.1, -0.05) is 11.6 Å². The van der Waals surface area contributed by atoms with E-state index in [1.165, 1.54) is 17.0 Å². The standard InChI is InChI=1S/C13H12ClF3N4O/c1-7-6-21(12(18)20-7)19-5-8-3-9(13(15,16)17)11(22-2)10(14)4-8/h3-6H,1-2H3,(H2,18,20). The monoisotopic (exact) mass is 332 g/mol. The van der Waals surface area contributed by atoms with E-state index in [1.54, 1.807) is 13.1 Å². The van der Waals surface area contributed by atoms with Crippen molar-refractivity contribution in [2.45, 2.75) is 13.1 Å². The Hall–Kier alpha value is -2.22. The van der Waals surface area contributed by atoms with Gasteiger partial charge in [-0.2, -0.15) is 18.3 Å². The summed E-state index contributed by atoms with van der Waals surface area (Å²) in [5, 5.41) is 3.80. The molecule has 2 aromatic rings. The minimum absolute atomic E-state index is 0.129. The summed E-state index contributed by atoms with van der Waals surface area (Å²) in [5.74, 6) is -0.297. The molecule has 0 aliphatic rings. The quantitative estimate of drug-likeness (QED) is 0.877. The highest BCUT2D eigenvalue weighted by Gasteiger charge is 2.35. The number of halogens is 4. The number of alkyl halides is 3. The molecular weight excluding hydrogens is 321 g/mol. The molecule has 0 saturated carbocycles. The number of nitrogens with zero attached hydrogens (tertiary/aromatic N) is 3. The van der Waals surface area contributed by atoms with Gasteiger partial charge < -0.3 is 10.5 Å². The van der Waals surface area contributed by atoms with Gasteiger partial charge in [-0.15, -0.1) is 0 Å². The molecule has 22 heavy (non-hydrogen) atoms. The Kier molecular flexibility index (Phi) is 4.32. The summed E-state index contributed by atoms with van der Waals surface area (Å²) in [7, 11) is 1.12. The Balaban J connectivity index is 2.44. The maximum atomic E-state index is 13.0. The molecule has 0 spiro atoms. The van der Waals surface area contributed by atoms with Crippen molar-refractivity contribution >= 4 is 23.8 Å². The van der Waals surface area contributed by atoms with Crippen molar-refractivity contribution in [2.24, 2.45) is 5.10 Å². The van der Waals surface area contributed by atoms with Crippen LogP contribution in [0.4, 0.5) is 19.1 Å². The van der Waals surface area contributed by atoms with Crippen LogP contribution in [0.15, 0.2) is 23.4 Å². The number of nitrogen functional groups attached to an aromatic ring is 1. The second-order valence-corrected chi connectivity index (χ2v) is 4.82. The van der Waals surface area contributed by atoms with Gasteiger partial charge in [-0.25, -0.2) is 9.66 Å². The molecular formula is C13H12ClF3N4O. The normalized spacial score (nSPS) is 12.1. The number of ether oxygens (including phenoxy) is 1. The molecule has 118 valence electrons. The summed E-state index contributed by atoms with van der Waals surface area (Å²) < 4.78 is 45.0. The van der Waals surface area contributed by atoms with Gasteiger partial charge in [-0.05, 0) is 24.6 Å². The van der Waals surface area contributed by atoms with E-state index < -0.39 is 17.5 Å². The molecule has 0 radical (unpaired) electrons. The van der Waals surface area contributed by atoms with E-state index in [-0.39, 0.29) is 16.5 Å². The van der Waals surface area contributed by atoms with Crippen LogP contribution in [-0.2, 0) is 6.18 Å². The first-order valence-corrected chi connectivity index (χ1v) is 6.40. The first kappa shape index (κ1) is 16.2. The summed E-state index contributed by atoms with van der Waals surface area (Å²) in [6.45, 7) is 1.72. The van der Waals surface area contributed by atoms with Crippen LogP contribution in [0.1, 0.15) is 16.8 Å². The predicted octanol–water partition coefficient (Wildman–Crippen LogP) is 3.34. The number of imidazole rings is 1. The fourth-order valence-corrected chi connectivity index (χ4v) is 2.14. The van der Waals surface area contributed by atoms with E-state index in [0.717, 1.165) is 13.2 Å². The average molecular weight is 333 g/mol. The van der Waals surface area contributed by atoms with Crippen LogP contribution < -0.4 is 10.5 Å². The van der Waals surface area contributed by atoms with E-state index in [9.17, 15) is 13.2 Å². The Labute approximate surface area is 129 Å². The first-order valence-electron chi connectivity index (χ1n) is 6.03. The molecule has 0 saturated heterocycles. The van der Waals surface area contributed by atoms with Gasteiger partial charge in [0.1, 0.15) is 5.75 Å². The van der Waals surface area contributed by atoms with Crippen molar-refractivity contribution in [3.8, 4) is 5.75 Å². The maximum absolute atomic E-state index is 13.0. The van der Waals surface area contributed by atoms with Crippen LogP contribution in [0.2, 0.25) is 5.02 Å². The van der Waals surface area contributed by atoms with E-state index in [2.05, 4.69) is 10.1 Å². The highest BCUT2D eigenvalue weighted by Crippen LogP contribution is 2.40. The molecule has 0 unspecified atom stereocenters. The molecule has 1 heterocycles. The summed E-state index contributed by atoms with van der Waals surface area (Å²) >= 11 is 5.83. The number of methoxy groups -OCH3 is 1. The largest absolute Gasteiger partial charge is 0.495 e. The van der Waals surface area contributed by atoms with Gasteiger partial charge in [0.05, 0.1) is 35.8 Å². The van der Waals surface area contributed by atoms with Gasteiger partial charge >= 0.3 is 6.18 Å².